The van der Waals surface area contributed by atoms with Gasteiger partial charge in [-0.25, -0.2) is 4.79 Å². The van der Waals surface area contributed by atoms with Gasteiger partial charge in [-0.2, -0.15) is 0 Å². The van der Waals surface area contributed by atoms with Crippen LogP contribution in [-0.2, 0) is 6.42 Å². The van der Waals surface area contributed by atoms with Crippen molar-refractivity contribution in [2.75, 3.05) is 6.61 Å². The van der Waals surface area contributed by atoms with Crippen LogP contribution in [-0.4, -0.2) is 17.6 Å². The number of pyridine rings is 1. The number of ether oxygens (including phenoxy) is 2. The first-order valence-electron chi connectivity index (χ1n) is 13.7. The van der Waals surface area contributed by atoms with E-state index < -0.39 is 0 Å². The molecule has 3 aromatic rings. The van der Waals surface area contributed by atoms with Gasteiger partial charge in [-0.1, -0.05) is 77.3 Å². The van der Waals surface area contributed by atoms with E-state index in [0.717, 1.165) is 36.5 Å². The minimum atomic E-state index is -0.367. The second kappa shape index (κ2) is 15.8. The van der Waals surface area contributed by atoms with Crippen molar-refractivity contribution in [2.24, 2.45) is 0 Å². The lowest BCUT2D eigenvalue weighted by Crippen LogP contribution is -2.08. The largest absolute Gasteiger partial charge is 0.494 e. The number of carbonyl (C=O) groups excluding carboxylic acids is 1. The normalized spacial score (nSPS) is 10.8. The molecule has 0 atom stereocenters. The molecular weight excluding hydrogens is 446 g/mol. The van der Waals surface area contributed by atoms with Crippen LogP contribution in [0.1, 0.15) is 94.0 Å². The Hall–Kier alpha value is -3.14. The first kappa shape index (κ1) is 27.4. The van der Waals surface area contributed by atoms with Gasteiger partial charge in [0.25, 0.3) is 0 Å². The molecule has 1 aromatic heterocycles. The fraction of sp³-hybridized carbons (Fsp3) is 0.438. The Morgan fingerprint density at radius 1 is 0.694 bits per heavy atom. The maximum absolute atomic E-state index is 12.5. The molecule has 0 aliphatic heterocycles. The Labute approximate surface area is 217 Å². The molecule has 3 rings (SSSR count). The summed E-state index contributed by atoms with van der Waals surface area (Å²) in [7, 11) is 0. The van der Waals surface area contributed by atoms with Gasteiger partial charge < -0.3 is 9.47 Å². The number of aryl methyl sites for hydroxylation is 1. The van der Waals surface area contributed by atoms with E-state index in [4.69, 9.17) is 9.47 Å². The summed E-state index contributed by atoms with van der Waals surface area (Å²) in [4.78, 5) is 17.0. The third-order valence-electron chi connectivity index (χ3n) is 6.37. The van der Waals surface area contributed by atoms with Gasteiger partial charge in [0, 0.05) is 5.56 Å². The highest BCUT2D eigenvalue weighted by molar-refractivity contribution is 5.91. The van der Waals surface area contributed by atoms with Crippen molar-refractivity contribution < 1.29 is 14.3 Å². The van der Waals surface area contributed by atoms with E-state index in [2.05, 4.69) is 18.8 Å². The number of rotatable bonds is 16. The number of esters is 1. The molecule has 0 aliphatic carbocycles. The lowest BCUT2D eigenvalue weighted by molar-refractivity contribution is 0.0734. The maximum atomic E-state index is 12.5. The van der Waals surface area contributed by atoms with Gasteiger partial charge in [0.2, 0.25) is 0 Å². The monoisotopic (exact) mass is 487 g/mol. The Bertz CT molecular complexity index is 1010. The average Bonchev–Trinajstić information content (AvgIpc) is 2.92. The van der Waals surface area contributed by atoms with Crippen LogP contribution in [0.15, 0.2) is 66.9 Å². The van der Waals surface area contributed by atoms with Crippen LogP contribution in [0, 0.1) is 0 Å². The minimum Gasteiger partial charge on any atom is -0.494 e. The van der Waals surface area contributed by atoms with Gasteiger partial charge in [-0.05, 0) is 73.4 Å². The molecule has 0 unspecified atom stereocenters. The van der Waals surface area contributed by atoms with Crippen LogP contribution in [0.25, 0.3) is 11.3 Å². The standard InChI is InChI=1S/C32H41NO3/c1-3-5-7-9-10-12-24-35-29-20-18-27(19-21-29)31-23-22-30(25-33-31)36-32(34)28-16-14-26(15-17-28)13-11-8-6-4-2/h14-23,25H,3-13,24H2,1-2H3. The molecule has 0 amide bonds. The zero-order valence-corrected chi connectivity index (χ0v) is 22.0. The van der Waals surface area contributed by atoms with Crippen molar-refractivity contribution in [3.8, 4) is 22.8 Å². The van der Waals surface area contributed by atoms with E-state index in [-0.39, 0.29) is 5.97 Å². The van der Waals surface area contributed by atoms with E-state index >= 15 is 0 Å². The fourth-order valence-electron chi connectivity index (χ4n) is 4.14. The topological polar surface area (TPSA) is 48.4 Å². The second-order valence-electron chi connectivity index (χ2n) is 9.42. The molecule has 0 N–H and O–H groups in total. The van der Waals surface area contributed by atoms with Gasteiger partial charge in [-0.15, -0.1) is 0 Å². The van der Waals surface area contributed by atoms with Crippen LogP contribution in [0.2, 0.25) is 0 Å². The molecule has 0 saturated carbocycles. The summed E-state index contributed by atoms with van der Waals surface area (Å²) < 4.78 is 11.4. The maximum Gasteiger partial charge on any atom is 0.343 e. The fourth-order valence-corrected chi connectivity index (χ4v) is 4.14. The molecule has 0 fully saturated rings. The van der Waals surface area contributed by atoms with Crippen LogP contribution in [0.3, 0.4) is 0 Å². The molecule has 0 bridgehead atoms. The highest BCUT2D eigenvalue weighted by atomic mass is 16.5. The van der Waals surface area contributed by atoms with Crippen LogP contribution in [0.5, 0.6) is 11.5 Å². The van der Waals surface area contributed by atoms with Gasteiger partial charge in [-0.3, -0.25) is 4.98 Å². The number of aromatic nitrogens is 1. The number of benzene rings is 2. The van der Waals surface area contributed by atoms with Crippen LogP contribution in [0.4, 0.5) is 0 Å². The van der Waals surface area contributed by atoms with Gasteiger partial charge in [0.1, 0.15) is 11.5 Å². The molecule has 0 radical (unpaired) electrons. The van der Waals surface area contributed by atoms with Crippen molar-refractivity contribution in [3.05, 3.63) is 78.0 Å². The molecule has 4 heteroatoms. The molecule has 36 heavy (non-hydrogen) atoms. The van der Waals surface area contributed by atoms with E-state index in [1.807, 2.05) is 54.6 Å². The zero-order chi connectivity index (χ0) is 25.4. The SMILES string of the molecule is CCCCCCCCOc1ccc(-c2ccc(OC(=O)c3ccc(CCCCCC)cc3)cn2)cc1. The Morgan fingerprint density at radius 3 is 2.00 bits per heavy atom. The highest BCUT2D eigenvalue weighted by Gasteiger charge is 2.10. The second-order valence-corrected chi connectivity index (χ2v) is 9.42. The first-order valence-corrected chi connectivity index (χ1v) is 13.7. The van der Waals surface area contributed by atoms with Crippen LogP contribution < -0.4 is 9.47 Å². The molecule has 0 saturated heterocycles. The van der Waals surface area contributed by atoms with E-state index in [9.17, 15) is 4.79 Å². The van der Waals surface area contributed by atoms with Crippen molar-refractivity contribution >= 4 is 5.97 Å². The number of nitrogens with zero attached hydrogens (tertiary/aromatic N) is 1. The van der Waals surface area contributed by atoms with E-state index in [1.165, 1.54) is 63.4 Å². The molecule has 4 nitrogen and oxygen atoms in total. The summed E-state index contributed by atoms with van der Waals surface area (Å²) in [6, 6.07) is 19.4. The van der Waals surface area contributed by atoms with Crippen molar-refractivity contribution in [1.82, 2.24) is 4.98 Å². The lowest BCUT2D eigenvalue weighted by Gasteiger charge is -2.08. The highest BCUT2D eigenvalue weighted by Crippen LogP contribution is 2.23. The minimum absolute atomic E-state index is 0.367. The van der Waals surface area contributed by atoms with Crippen molar-refractivity contribution in [1.29, 1.82) is 0 Å². The number of carbonyl (C=O) groups is 1. The van der Waals surface area contributed by atoms with Crippen LogP contribution >= 0.6 is 0 Å². The lowest BCUT2D eigenvalue weighted by atomic mass is 10.0. The molecule has 192 valence electrons. The summed E-state index contributed by atoms with van der Waals surface area (Å²) >= 11 is 0. The van der Waals surface area contributed by atoms with E-state index in [1.54, 1.807) is 12.3 Å². The zero-order valence-electron chi connectivity index (χ0n) is 22.0. The molecule has 0 aliphatic rings. The third kappa shape index (κ3) is 9.49. The van der Waals surface area contributed by atoms with E-state index in [0.29, 0.717) is 11.3 Å². The summed E-state index contributed by atoms with van der Waals surface area (Å²) in [5.74, 6) is 0.949. The van der Waals surface area contributed by atoms with Crippen molar-refractivity contribution in [3.63, 3.8) is 0 Å². The Morgan fingerprint density at radius 2 is 1.33 bits per heavy atom. The summed E-state index contributed by atoms with van der Waals surface area (Å²) in [6.07, 6.45) is 15.1. The van der Waals surface area contributed by atoms with Gasteiger partial charge >= 0.3 is 5.97 Å². The summed E-state index contributed by atoms with van der Waals surface area (Å²) in [5, 5.41) is 0. The number of unbranched alkanes of at least 4 members (excludes halogenated alkanes) is 8. The third-order valence-corrected chi connectivity index (χ3v) is 6.37. The average molecular weight is 488 g/mol. The Balaban J connectivity index is 1.44. The predicted molar refractivity (Wildman–Crippen MR) is 148 cm³/mol. The van der Waals surface area contributed by atoms with Gasteiger partial charge in [0.05, 0.1) is 24.1 Å². The first-order chi connectivity index (χ1) is 17.7. The van der Waals surface area contributed by atoms with Gasteiger partial charge in [0.15, 0.2) is 0 Å². The number of hydrogen-bond acceptors (Lipinski definition) is 4. The predicted octanol–water partition coefficient (Wildman–Crippen LogP) is 8.83. The molecule has 2 aromatic carbocycles. The molecular formula is C32H41NO3. The summed E-state index contributed by atoms with van der Waals surface area (Å²) in [5.41, 5.74) is 3.62. The molecule has 0 spiro atoms. The van der Waals surface area contributed by atoms with Crippen molar-refractivity contribution in [2.45, 2.75) is 84.5 Å². The molecule has 1 heterocycles. The number of hydrogen-bond donors (Lipinski definition) is 0. The summed E-state index contributed by atoms with van der Waals surface area (Å²) in [6.45, 7) is 5.21. The quantitative estimate of drug-likeness (QED) is 0.150. The Kier molecular flexibility index (Phi) is 12.0. The smallest absolute Gasteiger partial charge is 0.343 e.